The van der Waals surface area contributed by atoms with Crippen LogP contribution in [-0.2, 0) is 19.5 Å². The van der Waals surface area contributed by atoms with Gasteiger partial charge in [-0.2, -0.15) is 0 Å². The van der Waals surface area contributed by atoms with Crippen LogP contribution in [-0.4, -0.2) is 29.2 Å². The molecule has 0 spiro atoms. The van der Waals surface area contributed by atoms with Crippen molar-refractivity contribution < 1.29 is 14.3 Å². The van der Waals surface area contributed by atoms with Crippen LogP contribution >= 0.6 is 22.9 Å². The minimum Gasteiger partial charge on any atom is -0.493 e. The van der Waals surface area contributed by atoms with E-state index in [1.165, 1.54) is 11.3 Å². The number of thiophene rings is 1. The molecule has 32 heavy (non-hydrogen) atoms. The van der Waals surface area contributed by atoms with Crippen molar-refractivity contribution in [2.45, 2.75) is 52.6 Å². The number of nitrogens with zero attached hydrogens (tertiary/aromatic N) is 2. The third-order valence-electron chi connectivity index (χ3n) is 5.65. The van der Waals surface area contributed by atoms with E-state index in [1.807, 2.05) is 13.8 Å². The van der Waals surface area contributed by atoms with Crippen LogP contribution in [0.2, 0.25) is 5.02 Å². The van der Waals surface area contributed by atoms with E-state index in [4.69, 9.17) is 26.1 Å². The van der Waals surface area contributed by atoms with Crippen LogP contribution in [0, 0.1) is 6.92 Å². The minimum atomic E-state index is -0.242. The average Bonchev–Trinajstić information content (AvgIpc) is 2.94. The van der Waals surface area contributed by atoms with Gasteiger partial charge in [-0.25, -0.2) is 4.98 Å². The molecule has 1 amide bonds. The maximum atomic E-state index is 13.1. The number of hydrogen-bond donors (Lipinski definition) is 1. The largest absolute Gasteiger partial charge is 0.493 e. The van der Waals surface area contributed by atoms with E-state index in [1.54, 1.807) is 23.8 Å². The molecule has 2 aromatic heterocycles. The summed E-state index contributed by atoms with van der Waals surface area (Å²) in [6.45, 7) is 5.11. The number of carbonyl (C=O) groups is 1. The predicted molar refractivity (Wildman–Crippen MR) is 127 cm³/mol. The summed E-state index contributed by atoms with van der Waals surface area (Å²) in [5.74, 6) is 1.58. The Bertz CT molecular complexity index is 1230. The van der Waals surface area contributed by atoms with E-state index in [-0.39, 0.29) is 18.0 Å². The Morgan fingerprint density at radius 3 is 2.88 bits per heavy atom. The SMILES string of the molecule is CCOc1c(Cl)cc(CNC(=O)c2sc3nc4n(c(=O)c3c2C)CCCCC4)cc1OC. The average molecular weight is 476 g/mol. The van der Waals surface area contributed by atoms with E-state index >= 15 is 0 Å². The number of methoxy groups -OCH3 is 1. The Morgan fingerprint density at radius 2 is 2.12 bits per heavy atom. The molecule has 0 saturated heterocycles. The number of halogens is 1. The molecule has 0 saturated carbocycles. The Morgan fingerprint density at radius 1 is 1.31 bits per heavy atom. The van der Waals surface area contributed by atoms with Crippen molar-refractivity contribution in [3.05, 3.63) is 49.3 Å². The van der Waals surface area contributed by atoms with Crippen LogP contribution in [0.5, 0.6) is 11.5 Å². The van der Waals surface area contributed by atoms with Crippen molar-refractivity contribution in [2.75, 3.05) is 13.7 Å². The first-order valence-electron chi connectivity index (χ1n) is 10.7. The third-order valence-corrected chi connectivity index (χ3v) is 7.11. The number of fused-ring (bicyclic) bond motifs is 2. The molecule has 1 N–H and O–H groups in total. The fourth-order valence-electron chi connectivity index (χ4n) is 4.05. The summed E-state index contributed by atoms with van der Waals surface area (Å²) in [6.07, 6.45) is 3.90. The van der Waals surface area contributed by atoms with Crippen LogP contribution in [0.15, 0.2) is 16.9 Å². The van der Waals surface area contributed by atoms with E-state index in [2.05, 4.69) is 5.32 Å². The number of amides is 1. The second kappa shape index (κ2) is 9.50. The van der Waals surface area contributed by atoms with Crippen molar-refractivity contribution in [1.29, 1.82) is 0 Å². The molecule has 1 aliphatic heterocycles. The lowest BCUT2D eigenvalue weighted by molar-refractivity contribution is 0.0954. The number of rotatable bonds is 6. The zero-order valence-electron chi connectivity index (χ0n) is 18.4. The molecule has 9 heteroatoms. The molecule has 0 atom stereocenters. The molecule has 170 valence electrons. The molecular formula is C23H26ClN3O4S. The molecule has 1 aromatic carbocycles. The van der Waals surface area contributed by atoms with Crippen molar-refractivity contribution in [3.8, 4) is 11.5 Å². The molecule has 0 aliphatic carbocycles. The molecular weight excluding hydrogens is 450 g/mol. The van der Waals surface area contributed by atoms with Gasteiger partial charge in [0.2, 0.25) is 0 Å². The van der Waals surface area contributed by atoms with Gasteiger partial charge in [-0.05, 0) is 49.9 Å². The molecule has 0 radical (unpaired) electrons. The summed E-state index contributed by atoms with van der Waals surface area (Å²) >= 11 is 7.61. The first-order valence-corrected chi connectivity index (χ1v) is 11.9. The molecule has 3 aromatic rings. The number of aromatic nitrogens is 2. The molecule has 7 nitrogen and oxygen atoms in total. The normalized spacial score (nSPS) is 13.5. The van der Waals surface area contributed by atoms with Gasteiger partial charge in [0.15, 0.2) is 11.5 Å². The Hall–Kier alpha value is -2.58. The maximum absolute atomic E-state index is 13.1. The van der Waals surface area contributed by atoms with Crippen molar-refractivity contribution in [3.63, 3.8) is 0 Å². The van der Waals surface area contributed by atoms with E-state index < -0.39 is 0 Å². The number of carbonyl (C=O) groups excluding carboxylic acids is 1. The second-order valence-electron chi connectivity index (χ2n) is 7.76. The molecule has 0 fully saturated rings. The molecule has 0 unspecified atom stereocenters. The van der Waals surface area contributed by atoms with Crippen molar-refractivity contribution in [2.24, 2.45) is 0 Å². The lowest BCUT2D eigenvalue weighted by atomic mass is 10.1. The van der Waals surface area contributed by atoms with Gasteiger partial charge in [0.1, 0.15) is 10.7 Å². The standard InChI is InChI=1S/C23H26ClN3O4S/c1-4-31-19-15(24)10-14(11-16(19)30-3)12-25-21(28)20-13(2)18-22(32-20)26-17-8-6-5-7-9-27(17)23(18)29/h10-11H,4-9,12H2,1-3H3,(H,25,28). The van der Waals surface area contributed by atoms with Crippen LogP contribution in [0.3, 0.4) is 0 Å². The van der Waals surface area contributed by atoms with Crippen molar-refractivity contribution >= 4 is 39.1 Å². The van der Waals surface area contributed by atoms with Gasteiger partial charge in [0.05, 0.1) is 29.0 Å². The minimum absolute atomic E-state index is 0.0391. The van der Waals surface area contributed by atoms with E-state index in [0.717, 1.165) is 37.1 Å². The lowest BCUT2D eigenvalue weighted by Gasteiger charge is -2.13. The highest BCUT2D eigenvalue weighted by Crippen LogP contribution is 2.36. The summed E-state index contributed by atoms with van der Waals surface area (Å²) in [4.78, 5) is 32.0. The Kier molecular flexibility index (Phi) is 6.71. The molecule has 1 aliphatic rings. The Labute approximate surface area is 195 Å². The smallest absolute Gasteiger partial charge is 0.262 e. The molecule has 0 bridgehead atoms. The quantitative estimate of drug-likeness (QED) is 0.568. The van der Waals surface area contributed by atoms with Crippen LogP contribution in [0.4, 0.5) is 0 Å². The van der Waals surface area contributed by atoms with Gasteiger partial charge >= 0.3 is 0 Å². The maximum Gasteiger partial charge on any atom is 0.262 e. The van der Waals surface area contributed by atoms with Crippen LogP contribution in [0.1, 0.15) is 52.8 Å². The van der Waals surface area contributed by atoms with Gasteiger partial charge in [0.25, 0.3) is 11.5 Å². The molecule has 4 rings (SSSR count). The highest BCUT2D eigenvalue weighted by molar-refractivity contribution is 7.20. The first-order chi connectivity index (χ1) is 15.4. The lowest BCUT2D eigenvalue weighted by Crippen LogP contribution is -2.25. The van der Waals surface area contributed by atoms with Gasteiger partial charge in [0, 0.05) is 19.5 Å². The zero-order valence-corrected chi connectivity index (χ0v) is 20.0. The summed E-state index contributed by atoms with van der Waals surface area (Å²) in [6, 6.07) is 3.54. The van der Waals surface area contributed by atoms with Gasteiger partial charge < -0.3 is 14.8 Å². The van der Waals surface area contributed by atoms with E-state index in [9.17, 15) is 9.59 Å². The Balaban J connectivity index is 1.60. The highest BCUT2D eigenvalue weighted by atomic mass is 35.5. The fourth-order valence-corrected chi connectivity index (χ4v) is 5.44. The second-order valence-corrected chi connectivity index (χ2v) is 9.16. The number of aryl methyl sites for hydroxylation is 2. The number of hydrogen-bond acceptors (Lipinski definition) is 6. The van der Waals surface area contributed by atoms with Gasteiger partial charge in [-0.15, -0.1) is 11.3 Å². The first kappa shape index (κ1) is 22.6. The third kappa shape index (κ3) is 4.21. The molecule has 3 heterocycles. The van der Waals surface area contributed by atoms with Gasteiger partial charge in [-0.1, -0.05) is 18.0 Å². The van der Waals surface area contributed by atoms with Crippen LogP contribution in [0.25, 0.3) is 10.2 Å². The predicted octanol–water partition coefficient (Wildman–Crippen LogP) is 4.48. The van der Waals surface area contributed by atoms with E-state index in [0.29, 0.717) is 50.3 Å². The van der Waals surface area contributed by atoms with Gasteiger partial charge in [-0.3, -0.25) is 14.2 Å². The van der Waals surface area contributed by atoms with Crippen molar-refractivity contribution in [1.82, 2.24) is 14.9 Å². The summed E-state index contributed by atoms with van der Waals surface area (Å²) < 4.78 is 12.7. The van der Waals surface area contributed by atoms with Crippen LogP contribution < -0.4 is 20.3 Å². The summed E-state index contributed by atoms with van der Waals surface area (Å²) in [5.41, 5.74) is 1.43. The monoisotopic (exact) mass is 475 g/mol. The number of ether oxygens (including phenoxy) is 2. The topological polar surface area (TPSA) is 82.5 Å². The summed E-state index contributed by atoms with van der Waals surface area (Å²) in [7, 11) is 1.55. The number of benzene rings is 1. The fraction of sp³-hybridized carbons (Fsp3) is 0.435. The zero-order chi connectivity index (χ0) is 22.8. The highest BCUT2D eigenvalue weighted by Gasteiger charge is 2.22. The summed E-state index contributed by atoms with van der Waals surface area (Å²) in [5, 5.41) is 3.90. The number of nitrogens with one attached hydrogen (secondary N) is 1.